The summed E-state index contributed by atoms with van der Waals surface area (Å²) in [7, 11) is 0. The van der Waals surface area contributed by atoms with E-state index in [1.54, 1.807) is 30.3 Å². The van der Waals surface area contributed by atoms with Crippen LogP contribution in [0, 0.1) is 5.92 Å². The normalized spacial score (nSPS) is 11.8. The second-order valence-electron chi connectivity index (χ2n) is 4.84. The molecule has 5 nitrogen and oxygen atoms in total. The molecule has 0 unspecified atom stereocenters. The summed E-state index contributed by atoms with van der Waals surface area (Å²) in [6, 6.07) is 6.09. The standard InChI is InChI=1S/C15H21N3O2/c1-4-9-17-14(19)11-5-7-12(8-6-11)18-15(20)13(16)10(2)3/h4-8,10,13H,1,9,16H2,2-3H3,(H,17,19)(H,18,20)/t13-/m0/s1. The van der Waals surface area contributed by atoms with E-state index in [9.17, 15) is 9.59 Å². The minimum atomic E-state index is -0.550. The molecule has 0 aliphatic heterocycles. The fourth-order valence-electron chi connectivity index (χ4n) is 1.50. The van der Waals surface area contributed by atoms with E-state index in [2.05, 4.69) is 17.2 Å². The first-order valence-corrected chi connectivity index (χ1v) is 6.51. The van der Waals surface area contributed by atoms with Gasteiger partial charge in [0.25, 0.3) is 5.91 Å². The van der Waals surface area contributed by atoms with Gasteiger partial charge in [-0.1, -0.05) is 19.9 Å². The summed E-state index contributed by atoms with van der Waals surface area (Å²) in [5, 5.41) is 5.40. The monoisotopic (exact) mass is 275 g/mol. The van der Waals surface area contributed by atoms with Crippen molar-refractivity contribution in [1.29, 1.82) is 0 Å². The fraction of sp³-hybridized carbons (Fsp3) is 0.333. The molecule has 1 aromatic carbocycles. The van der Waals surface area contributed by atoms with Crippen LogP contribution in [0.5, 0.6) is 0 Å². The van der Waals surface area contributed by atoms with Crippen LogP contribution in [0.2, 0.25) is 0 Å². The second-order valence-corrected chi connectivity index (χ2v) is 4.84. The van der Waals surface area contributed by atoms with Gasteiger partial charge in [0, 0.05) is 17.8 Å². The van der Waals surface area contributed by atoms with E-state index in [1.807, 2.05) is 13.8 Å². The molecular formula is C15H21N3O2. The number of nitrogens with two attached hydrogens (primary N) is 1. The molecule has 1 atom stereocenters. The largest absolute Gasteiger partial charge is 0.349 e. The van der Waals surface area contributed by atoms with Gasteiger partial charge in [0.05, 0.1) is 6.04 Å². The molecule has 20 heavy (non-hydrogen) atoms. The Bertz CT molecular complexity index is 480. The highest BCUT2D eigenvalue weighted by molar-refractivity contribution is 5.97. The SMILES string of the molecule is C=CCNC(=O)c1ccc(NC(=O)[C@@H](N)C(C)C)cc1. The number of benzene rings is 1. The van der Waals surface area contributed by atoms with Crippen LogP contribution in [0.3, 0.4) is 0 Å². The Morgan fingerprint density at radius 2 is 1.90 bits per heavy atom. The van der Waals surface area contributed by atoms with Gasteiger partial charge in [-0.05, 0) is 30.2 Å². The third-order valence-corrected chi connectivity index (χ3v) is 2.84. The van der Waals surface area contributed by atoms with Crippen LogP contribution in [-0.4, -0.2) is 24.4 Å². The van der Waals surface area contributed by atoms with E-state index in [0.29, 0.717) is 17.8 Å². The molecule has 1 aromatic rings. The average molecular weight is 275 g/mol. The zero-order valence-electron chi connectivity index (χ0n) is 11.8. The molecule has 0 aromatic heterocycles. The van der Waals surface area contributed by atoms with Gasteiger partial charge < -0.3 is 16.4 Å². The lowest BCUT2D eigenvalue weighted by atomic mass is 10.0. The third-order valence-electron chi connectivity index (χ3n) is 2.84. The summed E-state index contributed by atoms with van der Waals surface area (Å²) in [4.78, 5) is 23.5. The molecule has 0 fully saturated rings. The highest BCUT2D eigenvalue weighted by atomic mass is 16.2. The quantitative estimate of drug-likeness (QED) is 0.688. The van der Waals surface area contributed by atoms with Gasteiger partial charge in [0.2, 0.25) is 5.91 Å². The van der Waals surface area contributed by atoms with Crippen molar-refractivity contribution in [2.45, 2.75) is 19.9 Å². The first-order chi connectivity index (χ1) is 9.45. The van der Waals surface area contributed by atoms with Gasteiger partial charge in [-0.3, -0.25) is 9.59 Å². The summed E-state index contributed by atoms with van der Waals surface area (Å²) in [6.07, 6.45) is 1.61. The van der Waals surface area contributed by atoms with Crippen LogP contribution in [0.1, 0.15) is 24.2 Å². The first-order valence-electron chi connectivity index (χ1n) is 6.51. The highest BCUT2D eigenvalue weighted by Gasteiger charge is 2.17. The van der Waals surface area contributed by atoms with E-state index in [1.165, 1.54) is 0 Å². The second kappa shape index (κ2) is 7.45. The molecular weight excluding hydrogens is 254 g/mol. The van der Waals surface area contributed by atoms with Crippen molar-refractivity contribution in [3.8, 4) is 0 Å². The summed E-state index contributed by atoms with van der Waals surface area (Å²) < 4.78 is 0. The van der Waals surface area contributed by atoms with E-state index < -0.39 is 6.04 Å². The Labute approximate surface area is 119 Å². The zero-order chi connectivity index (χ0) is 15.1. The lowest BCUT2D eigenvalue weighted by molar-refractivity contribution is -0.118. The summed E-state index contributed by atoms with van der Waals surface area (Å²) in [5.41, 5.74) is 6.90. The Balaban J connectivity index is 2.65. The summed E-state index contributed by atoms with van der Waals surface area (Å²) in [6.45, 7) is 7.72. The molecule has 0 radical (unpaired) electrons. The molecule has 108 valence electrons. The van der Waals surface area contributed by atoms with Gasteiger partial charge in [-0.25, -0.2) is 0 Å². The van der Waals surface area contributed by atoms with Crippen molar-refractivity contribution in [3.05, 3.63) is 42.5 Å². The van der Waals surface area contributed by atoms with Gasteiger partial charge in [-0.15, -0.1) is 6.58 Å². The maximum Gasteiger partial charge on any atom is 0.251 e. The van der Waals surface area contributed by atoms with Crippen molar-refractivity contribution in [2.24, 2.45) is 11.7 Å². The topological polar surface area (TPSA) is 84.2 Å². The number of hydrogen-bond acceptors (Lipinski definition) is 3. The molecule has 0 saturated carbocycles. The summed E-state index contributed by atoms with van der Waals surface area (Å²) in [5.74, 6) is -0.343. The van der Waals surface area contributed by atoms with E-state index in [-0.39, 0.29) is 17.7 Å². The molecule has 0 bridgehead atoms. The fourth-order valence-corrected chi connectivity index (χ4v) is 1.50. The molecule has 0 saturated heterocycles. The molecule has 2 amide bonds. The molecule has 0 spiro atoms. The van der Waals surface area contributed by atoms with Gasteiger partial charge in [-0.2, -0.15) is 0 Å². The van der Waals surface area contributed by atoms with E-state index >= 15 is 0 Å². The predicted octanol–water partition coefficient (Wildman–Crippen LogP) is 1.52. The smallest absolute Gasteiger partial charge is 0.251 e. The average Bonchev–Trinajstić information content (AvgIpc) is 2.44. The Hall–Kier alpha value is -2.14. The highest BCUT2D eigenvalue weighted by Crippen LogP contribution is 2.11. The zero-order valence-corrected chi connectivity index (χ0v) is 11.8. The lowest BCUT2D eigenvalue weighted by Crippen LogP contribution is -2.39. The number of carbonyl (C=O) groups is 2. The number of amides is 2. The number of nitrogens with one attached hydrogen (secondary N) is 2. The van der Waals surface area contributed by atoms with Crippen LogP contribution in [0.4, 0.5) is 5.69 Å². The van der Waals surface area contributed by atoms with E-state index in [4.69, 9.17) is 5.73 Å². The Morgan fingerprint density at radius 3 is 2.40 bits per heavy atom. The van der Waals surface area contributed by atoms with Gasteiger partial charge >= 0.3 is 0 Å². The van der Waals surface area contributed by atoms with Crippen molar-refractivity contribution < 1.29 is 9.59 Å². The summed E-state index contributed by atoms with van der Waals surface area (Å²) >= 11 is 0. The van der Waals surface area contributed by atoms with Crippen LogP contribution >= 0.6 is 0 Å². The third kappa shape index (κ3) is 4.51. The maximum absolute atomic E-state index is 11.8. The molecule has 4 N–H and O–H groups in total. The van der Waals surface area contributed by atoms with Crippen LogP contribution < -0.4 is 16.4 Å². The minimum absolute atomic E-state index is 0.0685. The number of hydrogen-bond donors (Lipinski definition) is 3. The molecule has 0 aliphatic rings. The molecule has 0 heterocycles. The first kappa shape index (κ1) is 15.9. The van der Waals surface area contributed by atoms with Crippen LogP contribution in [0.15, 0.2) is 36.9 Å². The Morgan fingerprint density at radius 1 is 1.30 bits per heavy atom. The van der Waals surface area contributed by atoms with Crippen LogP contribution in [0.25, 0.3) is 0 Å². The van der Waals surface area contributed by atoms with Crippen molar-refractivity contribution in [1.82, 2.24) is 5.32 Å². The maximum atomic E-state index is 11.8. The molecule has 1 rings (SSSR count). The van der Waals surface area contributed by atoms with Gasteiger partial charge in [0.15, 0.2) is 0 Å². The van der Waals surface area contributed by atoms with Crippen molar-refractivity contribution in [2.75, 3.05) is 11.9 Å². The predicted molar refractivity (Wildman–Crippen MR) is 80.4 cm³/mol. The number of rotatable bonds is 6. The van der Waals surface area contributed by atoms with Crippen LogP contribution in [-0.2, 0) is 4.79 Å². The van der Waals surface area contributed by atoms with Crippen molar-refractivity contribution >= 4 is 17.5 Å². The molecule has 5 heteroatoms. The molecule has 0 aliphatic carbocycles. The van der Waals surface area contributed by atoms with E-state index in [0.717, 1.165) is 0 Å². The lowest BCUT2D eigenvalue weighted by Gasteiger charge is -2.15. The minimum Gasteiger partial charge on any atom is -0.349 e. The van der Waals surface area contributed by atoms with Crippen molar-refractivity contribution in [3.63, 3.8) is 0 Å². The van der Waals surface area contributed by atoms with Gasteiger partial charge in [0.1, 0.15) is 0 Å². The number of carbonyl (C=O) groups excluding carboxylic acids is 2. The number of anilines is 1. The Kier molecular flexibility index (Phi) is 5.93.